The van der Waals surface area contributed by atoms with E-state index in [9.17, 15) is 14.4 Å². The number of para-hydroxylation sites is 2. The number of aromatic nitrogens is 2. The van der Waals surface area contributed by atoms with Gasteiger partial charge >= 0.3 is 5.76 Å². The van der Waals surface area contributed by atoms with Crippen molar-refractivity contribution in [3.8, 4) is 0 Å². The molecule has 2 aromatic heterocycles. The zero-order chi connectivity index (χ0) is 16.2. The van der Waals surface area contributed by atoms with Crippen molar-refractivity contribution in [3.63, 3.8) is 0 Å². The van der Waals surface area contributed by atoms with Crippen LogP contribution >= 0.6 is 0 Å². The molecule has 2 heterocycles. The van der Waals surface area contributed by atoms with E-state index < -0.39 is 17.6 Å². The molecule has 0 saturated carbocycles. The molecule has 0 spiro atoms. The fraction of sp³-hybridized carbons (Fsp3) is 0.133. The highest BCUT2D eigenvalue weighted by Gasteiger charge is 2.11. The number of fused-ring (bicyclic) bond motifs is 1. The van der Waals surface area contributed by atoms with Gasteiger partial charge in [-0.3, -0.25) is 25.0 Å². The lowest BCUT2D eigenvalue weighted by Crippen LogP contribution is -2.42. The molecule has 0 fully saturated rings. The topological polar surface area (TPSA) is 109 Å². The number of aryl methyl sites for hydroxylation is 1. The molecule has 8 heteroatoms. The molecule has 0 bridgehead atoms. The Morgan fingerprint density at radius 3 is 2.74 bits per heavy atom. The van der Waals surface area contributed by atoms with Gasteiger partial charge in [-0.05, 0) is 24.3 Å². The third-order valence-electron chi connectivity index (χ3n) is 3.29. The summed E-state index contributed by atoms with van der Waals surface area (Å²) in [6.07, 6.45) is 1.63. The molecule has 0 atom stereocenters. The van der Waals surface area contributed by atoms with Crippen LogP contribution in [0.15, 0.2) is 51.8 Å². The Labute approximate surface area is 130 Å². The molecule has 8 nitrogen and oxygen atoms in total. The van der Waals surface area contributed by atoms with Crippen LogP contribution in [0.2, 0.25) is 0 Å². The molecule has 118 valence electrons. The van der Waals surface area contributed by atoms with Crippen LogP contribution in [0.1, 0.15) is 16.9 Å². The molecule has 3 N–H and O–H groups in total. The normalized spacial score (nSPS) is 10.6. The fourth-order valence-corrected chi connectivity index (χ4v) is 2.17. The van der Waals surface area contributed by atoms with Crippen molar-refractivity contribution in [2.75, 3.05) is 0 Å². The van der Waals surface area contributed by atoms with E-state index in [4.69, 9.17) is 4.42 Å². The lowest BCUT2D eigenvalue weighted by Gasteiger charge is -2.06. The molecule has 0 radical (unpaired) electrons. The standard InChI is InChI=1S/C15H14N4O4/c20-13(17-18-14(21)10-4-3-8-16-10)7-9-19-11-5-1-2-6-12(11)23-15(19)22/h1-6,8,16H,7,9H2,(H,17,20)(H,18,21). The number of hydrazine groups is 1. The highest BCUT2D eigenvalue weighted by molar-refractivity contribution is 5.93. The van der Waals surface area contributed by atoms with Crippen LogP contribution in [0.5, 0.6) is 0 Å². The number of amides is 2. The summed E-state index contributed by atoms with van der Waals surface area (Å²) in [5.74, 6) is -1.38. The third-order valence-corrected chi connectivity index (χ3v) is 3.29. The molecule has 0 saturated heterocycles. The minimum atomic E-state index is -0.519. The first-order valence-electron chi connectivity index (χ1n) is 6.96. The second-order valence-corrected chi connectivity index (χ2v) is 4.82. The lowest BCUT2D eigenvalue weighted by atomic mass is 10.3. The lowest BCUT2D eigenvalue weighted by molar-refractivity contribution is -0.122. The Bertz CT molecular complexity index is 892. The first-order valence-corrected chi connectivity index (χ1v) is 6.96. The van der Waals surface area contributed by atoms with E-state index in [1.807, 2.05) is 0 Å². The van der Waals surface area contributed by atoms with Crippen LogP contribution < -0.4 is 16.6 Å². The molecule has 1 aromatic carbocycles. The molecule has 23 heavy (non-hydrogen) atoms. The van der Waals surface area contributed by atoms with E-state index >= 15 is 0 Å². The molecule has 3 rings (SSSR count). The van der Waals surface area contributed by atoms with Gasteiger partial charge in [-0.15, -0.1) is 0 Å². The first-order chi connectivity index (χ1) is 11.1. The van der Waals surface area contributed by atoms with Crippen molar-refractivity contribution in [2.45, 2.75) is 13.0 Å². The highest BCUT2D eigenvalue weighted by Crippen LogP contribution is 2.11. The van der Waals surface area contributed by atoms with Crippen LogP contribution in [0.25, 0.3) is 11.1 Å². The van der Waals surface area contributed by atoms with Gasteiger partial charge in [-0.1, -0.05) is 12.1 Å². The number of nitrogens with zero attached hydrogens (tertiary/aromatic N) is 1. The summed E-state index contributed by atoms with van der Waals surface area (Å²) in [6.45, 7) is 0.153. The van der Waals surface area contributed by atoms with Gasteiger partial charge in [0.1, 0.15) is 5.69 Å². The number of aromatic amines is 1. The number of hydrogen-bond acceptors (Lipinski definition) is 4. The summed E-state index contributed by atoms with van der Waals surface area (Å²) in [5, 5.41) is 0. The van der Waals surface area contributed by atoms with Crippen LogP contribution in [0.3, 0.4) is 0 Å². The number of rotatable bonds is 4. The second-order valence-electron chi connectivity index (χ2n) is 4.82. The van der Waals surface area contributed by atoms with E-state index in [1.165, 1.54) is 4.57 Å². The Morgan fingerprint density at radius 1 is 1.13 bits per heavy atom. The molecular formula is C15H14N4O4. The number of H-pyrrole nitrogens is 1. The van der Waals surface area contributed by atoms with Crippen molar-refractivity contribution in [2.24, 2.45) is 0 Å². The Morgan fingerprint density at radius 2 is 1.96 bits per heavy atom. The number of oxazole rings is 1. The van der Waals surface area contributed by atoms with Gasteiger partial charge in [0.15, 0.2) is 5.58 Å². The maximum Gasteiger partial charge on any atom is 0.419 e. The first kappa shape index (κ1) is 14.6. The summed E-state index contributed by atoms with van der Waals surface area (Å²) in [6, 6.07) is 10.2. The molecule has 0 aliphatic rings. The fourth-order valence-electron chi connectivity index (χ4n) is 2.17. The Balaban J connectivity index is 1.57. The summed E-state index contributed by atoms with van der Waals surface area (Å²) in [7, 11) is 0. The second kappa shape index (κ2) is 6.22. The largest absolute Gasteiger partial charge is 0.419 e. The van der Waals surface area contributed by atoms with Crippen molar-refractivity contribution in [1.82, 2.24) is 20.4 Å². The minimum Gasteiger partial charge on any atom is -0.408 e. The van der Waals surface area contributed by atoms with E-state index in [0.29, 0.717) is 16.8 Å². The van der Waals surface area contributed by atoms with Crippen molar-refractivity contribution >= 4 is 22.9 Å². The van der Waals surface area contributed by atoms with Crippen LogP contribution in [0.4, 0.5) is 0 Å². The summed E-state index contributed by atoms with van der Waals surface area (Å²) < 4.78 is 6.46. The van der Waals surface area contributed by atoms with E-state index in [2.05, 4.69) is 15.8 Å². The molecule has 0 aliphatic carbocycles. The SMILES string of the molecule is O=C(CCn1c(=O)oc2ccccc21)NNC(=O)c1ccc[nH]1. The van der Waals surface area contributed by atoms with Gasteiger partial charge in [0, 0.05) is 19.2 Å². The van der Waals surface area contributed by atoms with Crippen LogP contribution in [-0.2, 0) is 11.3 Å². The smallest absolute Gasteiger partial charge is 0.408 e. The maximum absolute atomic E-state index is 11.8. The Hall–Kier alpha value is -3.29. The monoisotopic (exact) mass is 314 g/mol. The van der Waals surface area contributed by atoms with Gasteiger partial charge in [-0.2, -0.15) is 0 Å². The zero-order valence-corrected chi connectivity index (χ0v) is 12.0. The van der Waals surface area contributed by atoms with Gasteiger partial charge in [0.25, 0.3) is 5.91 Å². The molecule has 2 amide bonds. The number of nitrogens with one attached hydrogen (secondary N) is 3. The van der Waals surface area contributed by atoms with Gasteiger partial charge in [-0.25, -0.2) is 4.79 Å². The Kier molecular flexibility index (Phi) is 3.96. The van der Waals surface area contributed by atoms with Crippen molar-refractivity contribution < 1.29 is 14.0 Å². The molecule has 0 unspecified atom stereocenters. The third kappa shape index (κ3) is 3.15. The summed E-state index contributed by atoms with van der Waals surface area (Å²) in [4.78, 5) is 37.9. The van der Waals surface area contributed by atoms with E-state index in [-0.39, 0.29) is 13.0 Å². The van der Waals surface area contributed by atoms with E-state index in [0.717, 1.165) is 0 Å². The summed E-state index contributed by atoms with van der Waals surface area (Å²) >= 11 is 0. The predicted octanol–water partition coefficient (Wildman–Crippen LogP) is 0.774. The average Bonchev–Trinajstić information content (AvgIpc) is 3.18. The van der Waals surface area contributed by atoms with Crippen LogP contribution in [0, 0.1) is 0 Å². The minimum absolute atomic E-state index is 0.0223. The van der Waals surface area contributed by atoms with Gasteiger partial charge in [0.2, 0.25) is 5.91 Å². The number of hydrogen-bond donors (Lipinski definition) is 3. The zero-order valence-electron chi connectivity index (χ0n) is 12.0. The quantitative estimate of drug-likeness (QED) is 0.618. The molecule has 3 aromatic rings. The summed E-state index contributed by atoms with van der Waals surface area (Å²) in [5.41, 5.74) is 6.01. The molecule has 0 aliphatic heterocycles. The van der Waals surface area contributed by atoms with Gasteiger partial charge < -0.3 is 9.40 Å². The van der Waals surface area contributed by atoms with Gasteiger partial charge in [0.05, 0.1) is 5.52 Å². The average molecular weight is 314 g/mol. The highest BCUT2D eigenvalue weighted by atomic mass is 16.4. The van der Waals surface area contributed by atoms with Crippen molar-refractivity contribution in [3.05, 3.63) is 58.8 Å². The van der Waals surface area contributed by atoms with E-state index in [1.54, 1.807) is 42.6 Å². The number of benzene rings is 1. The predicted molar refractivity (Wildman–Crippen MR) is 81.5 cm³/mol. The molecular weight excluding hydrogens is 300 g/mol. The number of carbonyl (C=O) groups excluding carboxylic acids is 2. The van der Waals surface area contributed by atoms with Crippen molar-refractivity contribution in [1.29, 1.82) is 0 Å². The van der Waals surface area contributed by atoms with Crippen LogP contribution in [-0.4, -0.2) is 21.4 Å². The maximum atomic E-state index is 11.8. The number of carbonyl (C=O) groups is 2.